The van der Waals surface area contributed by atoms with Crippen molar-refractivity contribution in [1.29, 1.82) is 0 Å². The Labute approximate surface area is 111 Å². The Hall–Kier alpha value is -0.570. The molecule has 3 nitrogen and oxygen atoms in total. The first-order chi connectivity index (χ1) is 8.74. The van der Waals surface area contributed by atoms with E-state index in [2.05, 4.69) is 17.6 Å². The summed E-state index contributed by atoms with van der Waals surface area (Å²) in [6.45, 7) is 3.27. The molecule has 1 aliphatic heterocycles. The van der Waals surface area contributed by atoms with Gasteiger partial charge in [-0.25, -0.2) is 0 Å². The van der Waals surface area contributed by atoms with Gasteiger partial charge in [-0.2, -0.15) is 0 Å². The van der Waals surface area contributed by atoms with Gasteiger partial charge in [0.25, 0.3) is 0 Å². The van der Waals surface area contributed by atoms with E-state index in [9.17, 15) is 4.79 Å². The van der Waals surface area contributed by atoms with Crippen LogP contribution in [0.3, 0.4) is 0 Å². The van der Waals surface area contributed by atoms with E-state index in [1.54, 1.807) is 0 Å². The molecule has 2 aliphatic rings. The molecule has 0 bridgehead atoms. The van der Waals surface area contributed by atoms with Gasteiger partial charge in [0.2, 0.25) is 5.91 Å². The molecule has 1 unspecified atom stereocenters. The Morgan fingerprint density at radius 2 is 2.17 bits per heavy atom. The minimum atomic E-state index is 0.271. The van der Waals surface area contributed by atoms with Gasteiger partial charge in [0.1, 0.15) is 0 Å². The molecule has 1 atom stereocenters. The summed E-state index contributed by atoms with van der Waals surface area (Å²) >= 11 is 0. The molecule has 0 aromatic rings. The third-order valence-electron chi connectivity index (χ3n) is 4.56. The summed E-state index contributed by atoms with van der Waals surface area (Å²) in [5, 5.41) is 6.88. The van der Waals surface area contributed by atoms with Crippen LogP contribution in [-0.2, 0) is 4.79 Å². The van der Waals surface area contributed by atoms with Crippen LogP contribution < -0.4 is 10.6 Å². The number of rotatable bonds is 6. The van der Waals surface area contributed by atoms with E-state index in [4.69, 9.17) is 0 Å². The summed E-state index contributed by atoms with van der Waals surface area (Å²) in [5.41, 5.74) is 0.387. The van der Waals surface area contributed by atoms with E-state index >= 15 is 0 Å². The zero-order valence-electron chi connectivity index (χ0n) is 11.8. The van der Waals surface area contributed by atoms with Gasteiger partial charge in [0, 0.05) is 18.0 Å². The molecule has 1 aliphatic carbocycles. The Morgan fingerprint density at radius 3 is 2.83 bits per heavy atom. The minimum absolute atomic E-state index is 0.271. The van der Waals surface area contributed by atoms with Crippen molar-refractivity contribution >= 4 is 5.91 Å². The van der Waals surface area contributed by atoms with Gasteiger partial charge in [-0.3, -0.25) is 4.79 Å². The van der Waals surface area contributed by atoms with Crippen LogP contribution in [0, 0.1) is 0 Å². The first-order valence-corrected chi connectivity index (χ1v) is 7.78. The second-order valence-electron chi connectivity index (χ2n) is 6.13. The van der Waals surface area contributed by atoms with E-state index in [-0.39, 0.29) is 5.91 Å². The highest BCUT2D eigenvalue weighted by Crippen LogP contribution is 2.38. The lowest BCUT2D eigenvalue weighted by molar-refractivity contribution is -0.122. The summed E-state index contributed by atoms with van der Waals surface area (Å²) in [6, 6.07) is 0.422. The van der Waals surface area contributed by atoms with Crippen LogP contribution in [0.1, 0.15) is 71.1 Å². The largest absolute Gasteiger partial charge is 0.353 e. The van der Waals surface area contributed by atoms with E-state index < -0.39 is 0 Å². The van der Waals surface area contributed by atoms with Crippen molar-refractivity contribution in [3.05, 3.63) is 0 Å². The SMILES string of the molecule is CCCCCCC(=O)NC1CCNC2(CCC2)C1. The van der Waals surface area contributed by atoms with Gasteiger partial charge in [0.15, 0.2) is 0 Å². The summed E-state index contributed by atoms with van der Waals surface area (Å²) in [6.07, 6.45) is 11.7. The minimum Gasteiger partial charge on any atom is -0.353 e. The number of amides is 1. The van der Waals surface area contributed by atoms with Crippen LogP contribution in [0.15, 0.2) is 0 Å². The van der Waals surface area contributed by atoms with E-state index in [0.717, 1.165) is 32.2 Å². The molecule has 1 saturated carbocycles. The van der Waals surface area contributed by atoms with E-state index in [1.807, 2.05) is 0 Å². The number of carbonyl (C=O) groups is 1. The van der Waals surface area contributed by atoms with Crippen molar-refractivity contribution in [2.75, 3.05) is 6.54 Å². The predicted octanol–water partition coefficient (Wildman–Crippen LogP) is 2.75. The highest BCUT2D eigenvalue weighted by molar-refractivity contribution is 5.76. The van der Waals surface area contributed by atoms with Crippen molar-refractivity contribution in [3.8, 4) is 0 Å². The molecule has 1 spiro atoms. The Kier molecular flexibility index (Phi) is 5.04. The van der Waals surface area contributed by atoms with Gasteiger partial charge in [-0.15, -0.1) is 0 Å². The van der Waals surface area contributed by atoms with Gasteiger partial charge in [0.05, 0.1) is 0 Å². The molecule has 1 saturated heterocycles. The Bertz CT molecular complexity index is 274. The second-order valence-corrected chi connectivity index (χ2v) is 6.13. The lowest BCUT2D eigenvalue weighted by atomic mass is 9.70. The molecule has 0 radical (unpaired) electrons. The summed E-state index contributed by atoms with van der Waals surface area (Å²) in [7, 11) is 0. The van der Waals surface area contributed by atoms with Gasteiger partial charge in [-0.1, -0.05) is 26.2 Å². The van der Waals surface area contributed by atoms with Crippen LogP contribution >= 0.6 is 0 Å². The zero-order chi connectivity index (χ0) is 12.8. The highest BCUT2D eigenvalue weighted by atomic mass is 16.1. The molecular weight excluding hydrogens is 224 g/mol. The Balaban J connectivity index is 1.64. The molecule has 18 heavy (non-hydrogen) atoms. The van der Waals surface area contributed by atoms with Crippen LogP contribution in [-0.4, -0.2) is 24.0 Å². The maximum Gasteiger partial charge on any atom is 0.220 e. The van der Waals surface area contributed by atoms with E-state index in [0.29, 0.717) is 11.6 Å². The van der Waals surface area contributed by atoms with Crippen molar-refractivity contribution in [3.63, 3.8) is 0 Å². The monoisotopic (exact) mass is 252 g/mol. The van der Waals surface area contributed by atoms with Crippen LogP contribution in [0.2, 0.25) is 0 Å². The van der Waals surface area contributed by atoms with Crippen molar-refractivity contribution < 1.29 is 4.79 Å². The normalized spacial score (nSPS) is 25.7. The second kappa shape index (κ2) is 6.55. The maximum atomic E-state index is 11.9. The van der Waals surface area contributed by atoms with Gasteiger partial charge >= 0.3 is 0 Å². The number of piperidine rings is 1. The maximum absolute atomic E-state index is 11.9. The number of nitrogens with one attached hydrogen (secondary N) is 2. The average molecular weight is 252 g/mol. The van der Waals surface area contributed by atoms with Crippen molar-refractivity contribution in [2.45, 2.75) is 82.7 Å². The number of hydrogen-bond acceptors (Lipinski definition) is 2. The number of unbranched alkanes of at least 4 members (excludes halogenated alkanes) is 3. The molecule has 1 amide bonds. The topological polar surface area (TPSA) is 41.1 Å². The van der Waals surface area contributed by atoms with Gasteiger partial charge in [-0.05, 0) is 45.1 Å². The van der Waals surface area contributed by atoms with E-state index in [1.165, 1.54) is 38.5 Å². The molecule has 104 valence electrons. The fourth-order valence-corrected chi connectivity index (χ4v) is 3.28. The summed E-state index contributed by atoms with van der Waals surface area (Å²) in [5.74, 6) is 0.271. The number of carbonyl (C=O) groups excluding carboxylic acids is 1. The molecule has 2 rings (SSSR count). The van der Waals surface area contributed by atoms with Crippen molar-refractivity contribution in [1.82, 2.24) is 10.6 Å². The zero-order valence-corrected chi connectivity index (χ0v) is 11.8. The lowest BCUT2D eigenvalue weighted by Crippen LogP contribution is -2.59. The van der Waals surface area contributed by atoms with Crippen LogP contribution in [0.4, 0.5) is 0 Å². The Morgan fingerprint density at radius 1 is 1.33 bits per heavy atom. The standard InChI is InChI=1S/C15H28N2O/c1-2-3-4-5-7-14(18)17-13-8-11-16-15(12-13)9-6-10-15/h13,16H,2-12H2,1H3,(H,17,18). The summed E-state index contributed by atoms with van der Waals surface area (Å²) in [4.78, 5) is 11.9. The molecule has 2 N–H and O–H groups in total. The van der Waals surface area contributed by atoms with Crippen molar-refractivity contribution in [2.24, 2.45) is 0 Å². The molecule has 1 heterocycles. The third kappa shape index (κ3) is 3.71. The lowest BCUT2D eigenvalue weighted by Gasteiger charge is -2.48. The molecular formula is C15H28N2O. The molecule has 3 heteroatoms. The highest BCUT2D eigenvalue weighted by Gasteiger charge is 2.41. The van der Waals surface area contributed by atoms with Crippen LogP contribution in [0.25, 0.3) is 0 Å². The summed E-state index contributed by atoms with van der Waals surface area (Å²) < 4.78 is 0. The number of hydrogen-bond donors (Lipinski definition) is 2. The van der Waals surface area contributed by atoms with Crippen LogP contribution in [0.5, 0.6) is 0 Å². The average Bonchev–Trinajstić information content (AvgIpc) is 2.33. The quantitative estimate of drug-likeness (QED) is 0.714. The predicted molar refractivity (Wildman–Crippen MR) is 74.5 cm³/mol. The fraction of sp³-hybridized carbons (Fsp3) is 0.933. The first kappa shape index (κ1) is 13.9. The molecule has 2 fully saturated rings. The molecule has 0 aromatic heterocycles. The smallest absolute Gasteiger partial charge is 0.220 e. The fourth-order valence-electron chi connectivity index (χ4n) is 3.28. The van der Waals surface area contributed by atoms with Gasteiger partial charge < -0.3 is 10.6 Å². The third-order valence-corrected chi connectivity index (χ3v) is 4.56. The first-order valence-electron chi connectivity index (χ1n) is 7.78. The molecule has 0 aromatic carbocycles.